The van der Waals surface area contributed by atoms with E-state index >= 15 is 0 Å². The average molecular weight is 418 g/mol. The molecule has 0 radical (unpaired) electrons. The van der Waals surface area contributed by atoms with Crippen LogP contribution in [0.3, 0.4) is 0 Å². The lowest BCUT2D eigenvalue weighted by molar-refractivity contribution is -0.208. The Hall–Kier alpha value is -1.04. The van der Waals surface area contributed by atoms with Crippen molar-refractivity contribution in [1.82, 2.24) is 0 Å². The van der Waals surface area contributed by atoms with E-state index in [1.54, 1.807) is 0 Å². The second-order valence-corrected chi connectivity index (χ2v) is 4.14. The smallest absolute Gasteiger partial charge is 0.475 e. The second kappa shape index (κ2) is 9.80. The Labute approximate surface area is 123 Å². The number of carbonyl (C=O) groups is 1. The summed E-state index contributed by atoms with van der Waals surface area (Å²) in [6.07, 6.45) is -9.21. The molecule has 20 heavy (non-hydrogen) atoms. The van der Waals surface area contributed by atoms with Crippen molar-refractivity contribution in [3.8, 4) is 0 Å². The van der Waals surface area contributed by atoms with Gasteiger partial charge in [-0.2, -0.15) is 22.0 Å². The number of alkyl halides is 6. The highest BCUT2D eigenvalue weighted by molar-refractivity contribution is 14.1. The number of hydrogen-bond donors (Lipinski definition) is 2. The van der Waals surface area contributed by atoms with Crippen molar-refractivity contribution in [3.05, 3.63) is 33.9 Å². The zero-order chi connectivity index (χ0) is 16.4. The molecule has 0 amide bonds. The van der Waals surface area contributed by atoms with Crippen LogP contribution in [0.15, 0.2) is 30.3 Å². The average Bonchev–Trinajstić information content (AvgIpc) is 2.29. The summed E-state index contributed by atoms with van der Waals surface area (Å²) in [5.74, 6) is -2.76. The number of hydrogen-bond acceptors (Lipinski definition) is 2. The molecule has 0 saturated heterocycles. The summed E-state index contributed by atoms with van der Waals surface area (Å²) in [6, 6.07) is 10.2. The Bertz CT molecular complexity index is 377. The molecule has 0 bridgehead atoms. The van der Waals surface area contributed by atoms with Gasteiger partial charge in [-0.25, -0.2) is 9.18 Å². The maximum Gasteiger partial charge on any atom is 0.490 e. The summed E-state index contributed by atoms with van der Waals surface area (Å²) in [5, 5.41) is 14.2. The molecule has 1 rings (SSSR count). The normalized spacial score (nSPS) is 10.6. The molecule has 0 fully saturated rings. The van der Waals surface area contributed by atoms with E-state index < -0.39 is 24.9 Å². The van der Waals surface area contributed by atoms with Gasteiger partial charge in [0.1, 0.15) is 0 Å². The Kier molecular flexibility index (Phi) is 10.4. The first-order valence-electron chi connectivity index (χ1n) is 4.57. The molecule has 3 nitrogen and oxygen atoms in total. The molecular weight excluding hydrogens is 409 g/mol. The van der Waals surface area contributed by atoms with Crippen molar-refractivity contribution < 1.29 is 41.4 Å². The summed E-state index contributed by atoms with van der Waals surface area (Å²) in [6.45, 7) is -2.01. The molecule has 0 spiro atoms. The topological polar surface area (TPSA) is 57.5 Å². The molecular formula is C10H9F6IO3. The molecule has 116 valence electrons. The minimum absolute atomic E-state index is 1.29. The van der Waals surface area contributed by atoms with Crippen molar-refractivity contribution in [2.75, 3.05) is 6.67 Å². The highest BCUT2D eigenvalue weighted by Gasteiger charge is 2.38. The molecule has 1 aromatic carbocycles. The molecule has 2 N–H and O–H groups in total. The third-order valence-corrected chi connectivity index (χ3v) is 1.86. The van der Waals surface area contributed by atoms with Crippen LogP contribution in [-0.4, -0.2) is 35.1 Å². The Balaban J connectivity index is 0. The van der Waals surface area contributed by atoms with Gasteiger partial charge < -0.3 is 10.2 Å². The number of aliphatic hydroxyl groups is 1. The molecule has 0 aliphatic rings. The summed E-state index contributed by atoms with van der Waals surface area (Å²) in [4.78, 5) is 8.90. The molecule has 0 atom stereocenters. The maximum absolute atomic E-state index is 10.6. The van der Waals surface area contributed by atoms with E-state index in [2.05, 4.69) is 34.7 Å². The van der Waals surface area contributed by atoms with Gasteiger partial charge in [0, 0.05) is 3.57 Å². The quantitative estimate of drug-likeness (QED) is 0.543. The Morgan fingerprint density at radius 1 is 1.10 bits per heavy atom. The van der Waals surface area contributed by atoms with E-state index in [9.17, 15) is 26.3 Å². The van der Waals surface area contributed by atoms with E-state index in [-0.39, 0.29) is 0 Å². The molecule has 1 aromatic rings. The van der Waals surface area contributed by atoms with Gasteiger partial charge in [-0.05, 0) is 34.7 Å². The SMILES string of the molecule is Ic1ccccc1.O=C(O)C(F)(F)F.OC(F)(F)CF. The van der Waals surface area contributed by atoms with Crippen molar-refractivity contribution in [3.63, 3.8) is 0 Å². The van der Waals surface area contributed by atoms with E-state index in [4.69, 9.17) is 15.0 Å². The van der Waals surface area contributed by atoms with Crippen LogP contribution in [0.4, 0.5) is 26.3 Å². The van der Waals surface area contributed by atoms with Gasteiger partial charge in [0.2, 0.25) is 0 Å². The van der Waals surface area contributed by atoms with Gasteiger partial charge >= 0.3 is 18.3 Å². The first-order chi connectivity index (χ1) is 8.90. The standard InChI is InChI=1S/C6H5I.C2HF3O2.C2H3F3O/c7-6-4-2-1-3-5-6;3-2(4,5)1(6)7;3-1-2(4,5)6/h1-5H;(H,6,7);6H,1H2. The Morgan fingerprint density at radius 2 is 1.40 bits per heavy atom. The zero-order valence-electron chi connectivity index (χ0n) is 9.54. The molecule has 0 heterocycles. The maximum atomic E-state index is 10.6. The molecule has 0 aromatic heterocycles. The van der Waals surface area contributed by atoms with E-state index in [1.807, 2.05) is 18.2 Å². The lowest BCUT2D eigenvalue weighted by Gasteiger charge is -1.97. The number of carboxylic acid groups (broad SMARTS) is 1. The van der Waals surface area contributed by atoms with Crippen LogP contribution in [0.2, 0.25) is 0 Å². The predicted molar refractivity (Wildman–Crippen MR) is 66.0 cm³/mol. The minimum Gasteiger partial charge on any atom is -0.475 e. The summed E-state index contributed by atoms with van der Waals surface area (Å²) in [7, 11) is 0. The van der Waals surface area contributed by atoms with Gasteiger partial charge in [-0.15, -0.1) is 0 Å². The van der Waals surface area contributed by atoms with Crippen LogP contribution in [0.5, 0.6) is 0 Å². The lowest BCUT2D eigenvalue weighted by Crippen LogP contribution is -2.21. The van der Waals surface area contributed by atoms with Gasteiger partial charge in [0.25, 0.3) is 0 Å². The van der Waals surface area contributed by atoms with Crippen molar-refractivity contribution in [1.29, 1.82) is 0 Å². The van der Waals surface area contributed by atoms with Crippen LogP contribution in [-0.2, 0) is 4.79 Å². The molecule has 0 unspecified atom stereocenters. The van der Waals surface area contributed by atoms with E-state index in [1.165, 1.54) is 3.57 Å². The summed E-state index contributed by atoms with van der Waals surface area (Å²) in [5.41, 5.74) is 0. The highest BCUT2D eigenvalue weighted by atomic mass is 127. The molecule has 0 saturated carbocycles. The predicted octanol–water partition coefficient (Wildman–Crippen LogP) is 3.47. The van der Waals surface area contributed by atoms with Crippen LogP contribution in [0.1, 0.15) is 0 Å². The van der Waals surface area contributed by atoms with Crippen molar-refractivity contribution >= 4 is 28.6 Å². The second-order valence-electron chi connectivity index (χ2n) is 2.90. The molecule has 10 heteroatoms. The first-order valence-corrected chi connectivity index (χ1v) is 5.65. The highest BCUT2D eigenvalue weighted by Crippen LogP contribution is 2.13. The van der Waals surface area contributed by atoms with E-state index in [0.29, 0.717) is 0 Å². The van der Waals surface area contributed by atoms with Crippen LogP contribution in [0.25, 0.3) is 0 Å². The van der Waals surface area contributed by atoms with Crippen molar-refractivity contribution in [2.45, 2.75) is 12.3 Å². The van der Waals surface area contributed by atoms with Gasteiger partial charge in [0.05, 0.1) is 0 Å². The van der Waals surface area contributed by atoms with Gasteiger partial charge in [0.15, 0.2) is 6.67 Å². The first kappa shape index (κ1) is 21.3. The van der Waals surface area contributed by atoms with Crippen LogP contribution in [0, 0.1) is 3.57 Å². The number of benzene rings is 1. The number of halogens is 7. The fourth-order valence-corrected chi connectivity index (χ4v) is 0.830. The molecule has 0 aliphatic carbocycles. The zero-order valence-corrected chi connectivity index (χ0v) is 11.7. The summed E-state index contributed by atoms with van der Waals surface area (Å²) < 4.78 is 64.8. The minimum atomic E-state index is -5.08. The van der Waals surface area contributed by atoms with Gasteiger partial charge in [-0.1, -0.05) is 18.2 Å². The third-order valence-electron chi connectivity index (χ3n) is 1.14. The van der Waals surface area contributed by atoms with Crippen LogP contribution >= 0.6 is 22.6 Å². The van der Waals surface area contributed by atoms with Gasteiger partial charge in [-0.3, -0.25) is 0 Å². The fourth-order valence-electron chi connectivity index (χ4n) is 0.415. The third kappa shape index (κ3) is 17.0. The van der Waals surface area contributed by atoms with Crippen LogP contribution < -0.4 is 0 Å². The number of aliphatic carboxylic acids is 1. The lowest BCUT2D eigenvalue weighted by atomic mass is 10.4. The number of carboxylic acids is 1. The molecule has 0 aliphatic heterocycles. The number of rotatable bonds is 1. The summed E-state index contributed by atoms with van der Waals surface area (Å²) >= 11 is 2.28. The van der Waals surface area contributed by atoms with E-state index in [0.717, 1.165) is 0 Å². The largest absolute Gasteiger partial charge is 0.490 e. The Morgan fingerprint density at radius 3 is 1.50 bits per heavy atom. The fraction of sp³-hybridized carbons (Fsp3) is 0.300. The van der Waals surface area contributed by atoms with Crippen molar-refractivity contribution in [2.24, 2.45) is 0 Å². The monoisotopic (exact) mass is 418 g/mol.